The van der Waals surface area contributed by atoms with Crippen molar-refractivity contribution in [1.29, 1.82) is 0 Å². The maximum Gasteiger partial charge on any atom is 0.316 e. The van der Waals surface area contributed by atoms with Crippen molar-refractivity contribution in [2.45, 2.75) is 108 Å². The van der Waals surface area contributed by atoms with Gasteiger partial charge in [-0.2, -0.15) is 0 Å². The van der Waals surface area contributed by atoms with E-state index in [0.29, 0.717) is 5.25 Å². The maximum absolute atomic E-state index is 11.1. The Balaban J connectivity index is 3.53. The number of thioether (sulfide) groups is 1. The van der Waals surface area contributed by atoms with Crippen molar-refractivity contribution in [3.05, 3.63) is 0 Å². The van der Waals surface area contributed by atoms with Crippen LogP contribution in [0.3, 0.4) is 0 Å². The highest BCUT2D eigenvalue weighted by atomic mass is 32.2. The van der Waals surface area contributed by atoms with E-state index < -0.39 is 5.97 Å². The van der Waals surface area contributed by atoms with E-state index in [1.807, 2.05) is 13.8 Å². The van der Waals surface area contributed by atoms with Crippen LogP contribution in [0, 0.1) is 11.8 Å². The highest BCUT2D eigenvalue weighted by molar-refractivity contribution is 8.01. The van der Waals surface area contributed by atoms with Gasteiger partial charge in [-0.15, -0.1) is 23.6 Å². The van der Waals surface area contributed by atoms with Crippen LogP contribution in [-0.2, 0) is 4.79 Å². The first kappa shape index (κ1) is 22.4. The second-order valence-electron chi connectivity index (χ2n) is 6.20. The topological polar surface area (TPSA) is 37.3 Å². The summed E-state index contributed by atoms with van der Waals surface area (Å²) >= 11 is 1.67. The van der Waals surface area contributed by atoms with Gasteiger partial charge in [0.1, 0.15) is 5.25 Å². The molecule has 0 aromatic rings. The molecule has 2 atom stereocenters. The molecule has 0 saturated carbocycles. The average molecular weight is 341 g/mol. The first-order valence-electron chi connectivity index (χ1n) is 9.43. The van der Waals surface area contributed by atoms with Gasteiger partial charge in [0.05, 0.1) is 0 Å². The van der Waals surface area contributed by atoms with E-state index in [1.165, 1.54) is 57.8 Å². The fourth-order valence-electron chi connectivity index (χ4n) is 2.70. The molecule has 1 N–H and O–H groups in total. The molecule has 0 radical (unpaired) electrons. The van der Waals surface area contributed by atoms with Gasteiger partial charge in [0.25, 0.3) is 0 Å². The number of carboxylic acids is 1. The average Bonchev–Trinajstić information content (AvgIpc) is 2.55. The summed E-state index contributed by atoms with van der Waals surface area (Å²) in [7, 11) is 0. The van der Waals surface area contributed by atoms with Crippen LogP contribution in [0.2, 0.25) is 0 Å². The number of carboxylic acid groups (broad SMARTS) is 1. The third kappa shape index (κ3) is 13.5. The molecule has 3 heteroatoms. The van der Waals surface area contributed by atoms with Gasteiger partial charge in [0.15, 0.2) is 0 Å². The maximum atomic E-state index is 11.1. The molecule has 134 valence electrons. The van der Waals surface area contributed by atoms with Crippen LogP contribution in [0.15, 0.2) is 0 Å². The van der Waals surface area contributed by atoms with Crippen LogP contribution >= 0.6 is 11.8 Å². The summed E-state index contributed by atoms with van der Waals surface area (Å²) in [5.74, 6) is 5.41. The minimum atomic E-state index is -0.652. The van der Waals surface area contributed by atoms with Crippen molar-refractivity contribution in [1.82, 2.24) is 0 Å². The van der Waals surface area contributed by atoms with Crippen LogP contribution < -0.4 is 0 Å². The number of carbonyl (C=O) groups is 1. The molecule has 0 aliphatic heterocycles. The SMILES string of the molecule is CC#CCCCCCCCCCCC(CC)SC(CC)C(=O)O. The van der Waals surface area contributed by atoms with Gasteiger partial charge in [0.2, 0.25) is 0 Å². The van der Waals surface area contributed by atoms with Crippen LogP contribution in [0.4, 0.5) is 0 Å². The van der Waals surface area contributed by atoms with Gasteiger partial charge in [-0.3, -0.25) is 4.79 Å². The highest BCUT2D eigenvalue weighted by Gasteiger charge is 2.20. The summed E-state index contributed by atoms with van der Waals surface area (Å²) < 4.78 is 0. The standard InChI is InChI=1S/C20H36O2S/c1-4-7-8-9-10-11-12-13-14-15-16-17-18(5-2)23-19(6-3)20(21)22/h18-19H,5-6,8-17H2,1-3H3,(H,21,22). The number of hydrogen-bond donors (Lipinski definition) is 1. The Morgan fingerprint density at radius 1 is 0.957 bits per heavy atom. The molecule has 0 rings (SSSR count). The zero-order chi connectivity index (χ0) is 17.3. The molecule has 2 nitrogen and oxygen atoms in total. The molecule has 0 bridgehead atoms. The third-order valence-electron chi connectivity index (χ3n) is 4.21. The molecule has 0 aliphatic carbocycles. The molecule has 23 heavy (non-hydrogen) atoms. The summed E-state index contributed by atoms with van der Waals surface area (Å²) in [5, 5.41) is 9.43. The Hall–Kier alpha value is -0.620. The van der Waals surface area contributed by atoms with Gasteiger partial charge in [-0.05, 0) is 32.6 Å². The molecule has 0 heterocycles. The van der Waals surface area contributed by atoms with Crippen molar-refractivity contribution in [3.8, 4) is 11.8 Å². The predicted octanol–water partition coefficient (Wildman–Crippen LogP) is 6.29. The number of hydrogen-bond acceptors (Lipinski definition) is 2. The van der Waals surface area contributed by atoms with Crippen molar-refractivity contribution in [2.24, 2.45) is 0 Å². The van der Waals surface area contributed by atoms with E-state index in [0.717, 1.165) is 19.3 Å². The normalized spacial score (nSPS) is 13.2. The molecular formula is C20H36O2S. The number of rotatable bonds is 15. The fourth-order valence-corrected chi connectivity index (χ4v) is 3.97. The van der Waals surface area contributed by atoms with Crippen LogP contribution in [-0.4, -0.2) is 21.6 Å². The van der Waals surface area contributed by atoms with E-state index in [9.17, 15) is 4.79 Å². The Labute approximate surface area is 148 Å². The Morgan fingerprint density at radius 3 is 2.00 bits per heavy atom. The molecule has 0 aromatic carbocycles. The third-order valence-corrected chi connectivity index (χ3v) is 6.03. The van der Waals surface area contributed by atoms with Gasteiger partial charge >= 0.3 is 5.97 Å². The van der Waals surface area contributed by atoms with Crippen LogP contribution in [0.25, 0.3) is 0 Å². The molecule has 0 aliphatic rings. The predicted molar refractivity (Wildman–Crippen MR) is 103 cm³/mol. The zero-order valence-corrected chi connectivity index (χ0v) is 16.2. The van der Waals surface area contributed by atoms with Crippen LogP contribution in [0.5, 0.6) is 0 Å². The van der Waals surface area contributed by atoms with Crippen molar-refractivity contribution < 1.29 is 9.90 Å². The number of aliphatic carboxylic acids is 1. The summed E-state index contributed by atoms with van der Waals surface area (Å²) in [6, 6.07) is 0. The summed E-state index contributed by atoms with van der Waals surface area (Å²) in [6.07, 6.45) is 14.5. The van der Waals surface area contributed by atoms with Crippen molar-refractivity contribution in [3.63, 3.8) is 0 Å². The van der Waals surface area contributed by atoms with E-state index in [4.69, 9.17) is 5.11 Å². The molecule has 0 aromatic heterocycles. The lowest BCUT2D eigenvalue weighted by Gasteiger charge is -2.18. The monoisotopic (exact) mass is 340 g/mol. The van der Waals surface area contributed by atoms with Gasteiger partial charge in [0, 0.05) is 11.7 Å². The first-order valence-corrected chi connectivity index (χ1v) is 10.4. The summed E-state index contributed by atoms with van der Waals surface area (Å²) in [4.78, 5) is 11.1. The van der Waals surface area contributed by atoms with E-state index in [1.54, 1.807) is 11.8 Å². The quantitative estimate of drug-likeness (QED) is 0.281. The molecule has 0 amide bonds. The Morgan fingerprint density at radius 2 is 1.52 bits per heavy atom. The molecule has 0 fully saturated rings. The molecular weight excluding hydrogens is 304 g/mol. The van der Waals surface area contributed by atoms with Crippen molar-refractivity contribution >= 4 is 17.7 Å². The Bertz CT molecular complexity index is 343. The lowest BCUT2D eigenvalue weighted by molar-refractivity contribution is -0.136. The smallest absolute Gasteiger partial charge is 0.316 e. The fraction of sp³-hybridized carbons (Fsp3) is 0.850. The van der Waals surface area contributed by atoms with E-state index in [2.05, 4.69) is 18.8 Å². The van der Waals surface area contributed by atoms with E-state index in [-0.39, 0.29) is 5.25 Å². The Kier molecular flexibility index (Phi) is 15.8. The minimum Gasteiger partial charge on any atom is -0.480 e. The second-order valence-corrected chi connectivity index (χ2v) is 7.70. The van der Waals surface area contributed by atoms with Gasteiger partial charge in [-0.1, -0.05) is 58.8 Å². The molecule has 0 saturated heterocycles. The summed E-state index contributed by atoms with van der Waals surface area (Å²) in [6.45, 7) is 6.05. The first-order chi connectivity index (χ1) is 11.2. The lowest BCUT2D eigenvalue weighted by atomic mass is 10.1. The summed E-state index contributed by atoms with van der Waals surface area (Å²) in [5.41, 5.74) is 0. The highest BCUT2D eigenvalue weighted by Crippen LogP contribution is 2.27. The van der Waals surface area contributed by atoms with E-state index >= 15 is 0 Å². The van der Waals surface area contributed by atoms with Crippen molar-refractivity contribution in [2.75, 3.05) is 0 Å². The lowest BCUT2D eigenvalue weighted by Crippen LogP contribution is -2.19. The molecule has 0 spiro atoms. The van der Waals surface area contributed by atoms with Gasteiger partial charge in [-0.25, -0.2) is 0 Å². The number of unbranched alkanes of at least 4 members (excludes halogenated alkanes) is 8. The van der Waals surface area contributed by atoms with Crippen LogP contribution in [0.1, 0.15) is 97.8 Å². The second kappa shape index (κ2) is 16.2. The largest absolute Gasteiger partial charge is 0.480 e. The minimum absolute atomic E-state index is 0.225. The van der Waals surface area contributed by atoms with Gasteiger partial charge < -0.3 is 5.11 Å². The molecule has 2 unspecified atom stereocenters. The zero-order valence-electron chi connectivity index (χ0n) is 15.4.